The van der Waals surface area contributed by atoms with Gasteiger partial charge in [0.15, 0.2) is 10.8 Å². The number of nitrogens with zero attached hydrogens (tertiary/aromatic N) is 1. The van der Waals surface area contributed by atoms with E-state index in [1.54, 1.807) is 12.1 Å². The van der Waals surface area contributed by atoms with E-state index in [1.807, 2.05) is 0 Å². The lowest BCUT2D eigenvalue weighted by molar-refractivity contribution is -0.140. The second-order valence-electron chi connectivity index (χ2n) is 7.51. The van der Waals surface area contributed by atoms with Gasteiger partial charge in [-0.05, 0) is 42.0 Å². The monoisotopic (exact) mass is 601 g/mol. The van der Waals surface area contributed by atoms with Gasteiger partial charge in [-0.1, -0.05) is 34.8 Å². The zero-order chi connectivity index (χ0) is 25.7. The third-order valence-electron chi connectivity index (χ3n) is 5.07. The molecule has 1 fully saturated rings. The van der Waals surface area contributed by atoms with Gasteiger partial charge in [0.05, 0.1) is 16.5 Å². The van der Waals surface area contributed by atoms with Crippen molar-refractivity contribution in [3.8, 4) is 0 Å². The Hall–Kier alpha value is -1.75. The maximum atomic E-state index is 12.9. The number of aromatic nitrogens is 1. The molecule has 4 rings (SSSR count). The molecule has 2 N–H and O–H groups in total. The Bertz CT molecular complexity index is 1310. The summed E-state index contributed by atoms with van der Waals surface area (Å²) < 4.78 is 36.8. The molecule has 0 bridgehead atoms. The van der Waals surface area contributed by atoms with Crippen LogP contribution in [0.3, 0.4) is 0 Å². The molecule has 0 spiro atoms. The van der Waals surface area contributed by atoms with E-state index in [4.69, 9.17) is 58.0 Å². The fraction of sp³-hybridized carbons (Fsp3) is 0.190. The number of alkyl halides is 5. The standard InChI is InChI=1S/C21H11Cl5F3N3O2S/c22-9-3-8(4-10(23)5-9)15-16(20(15,25)26)18(34)30-11-1-2-13(24)12(6-11)17(33)32-19-31-14(7-35-19)21(27,28)29/h1-7,15-16H,(H,30,34)(H,31,32,33)/t15-,16+/m1/s1. The van der Waals surface area contributed by atoms with Crippen molar-refractivity contribution in [2.24, 2.45) is 5.92 Å². The second-order valence-corrected chi connectivity index (χ2v) is 11.1. The number of rotatable bonds is 5. The van der Waals surface area contributed by atoms with E-state index in [-0.39, 0.29) is 21.4 Å². The van der Waals surface area contributed by atoms with Gasteiger partial charge in [0, 0.05) is 27.0 Å². The second kappa shape index (κ2) is 9.61. The number of hydrogen-bond acceptors (Lipinski definition) is 4. The maximum Gasteiger partial charge on any atom is 0.434 e. The highest BCUT2D eigenvalue weighted by molar-refractivity contribution is 7.14. The van der Waals surface area contributed by atoms with Crippen molar-refractivity contribution in [1.82, 2.24) is 4.98 Å². The number of halogens is 8. The van der Waals surface area contributed by atoms with E-state index in [1.165, 1.54) is 24.3 Å². The molecule has 2 atom stereocenters. The van der Waals surface area contributed by atoms with Crippen molar-refractivity contribution in [1.29, 1.82) is 0 Å². The summed E-state index contributed by atoms with van der Waals surface area (Å²) in [7, 11) is 0. The average Bonchev–Trinajstić information content (AvgIpc) is 3.05. The molecule has 0 saturated heterocycles. The van der Waals surface area contributed by atoms with E-state index in [0.29, 0.717) is 26.9 Å². The molecule has 5 nitrogen and oxygen atoms in total. The highest BCUT2D eigenvalue weighted by atomic mass is 35.5. The van der Waals surface area contributed by atoms with Crippen LogP contribution in [0.5, 0.6) is 0 Å². The van der Waals surface area contributed by atoms with Crippen LogP contribution in [-0.4, -0.2) is 21.1 Å². The predicted molar refractivity (Wildman–Crippen MR) is 132 cm³/mol. The van der Waals surface area contributed by atoms with Crippen LogP contribution in [0.25, 0.3) is 0 Å². The van der Waals surface area contributed by atoms with Gasteiger partial charge in [0.2, 0.25) is 5.91 Å². The van der Waals surface area contributed by atoms with Crippen LogP contribution in [0, 0.1) is 5.92 Å². The Morgan fingerprint density at radius 3 is 2.26 bits per heavy atom. The van der Waals surface area contributed by atoms with E-state index in [2.05, 4.69) is 15.6 Å². The minimum Gasteiger partial charge on any atom is -0.326 e. The molecular weight excluding hydrogens is 593 g/mol. The molecule has 1 saturated carbocycles. The average molecular weight is 604 g/mol. The molecule has 35 heavy (non-hydrogen) atoms. The van der Waals surface area contributed by atoms with Gasteiger partial charge in [-0.3, -0.25) is 14.9 Å². The Morgan fingerprint density at radius 2 is 1.66 bits per heavy atom. The Labute approximate surface area is 225 Å². The van der Waals surface area contributed by atoms with Crippen molar-refractivity contribution in [2.45, 2.75) is 16.4 Å². The molecular formula is C21H11Cl5F3N3O2S. The molecule has 2 aromatic carbocycles. The number of carbonyl (C=O) groups excluding carboxylic acids is 2. The van der Waals surface area contributed by atoms with Crippen molar-refractivity contribution in [2.75, 3.05) is 10.6 Å². The summed E-state index contributed by atoms with van der Waals surface area (Å²) in [5.74, 6) is -2.76. The molecule has 0 radical (unpaired) electrons. The minimum atomic E-state index is -4.64. The molecule has 0 aliphatic heterocycles. The quantitative estimate of drug-likeness (QED) is 0.291. The lowest BCUT2D eigenvalue weighted by Crippen LogP contribution is -2.18. The van der Waals surface area contributed by atoms with Crippen molar-refractivity contribution >= 4 is 92.0 Å². The molecule has 184 valence electrons. The van der Waals surface area contributed by atoms with Crippen LogP contribution < -0.4 is 10.6 Å². The normalized spacial score (nSPS) is 18.7. The van der Waals surface area contributed by atoms with E-state index in [9.17, 15) is 22.8 Å². The number of carbonyl (C=O) groups is 2. The van der Waals surface area contributed by atoms with Gasteiger partial charge in [0.25, 0.3) is 5.91 Å². The predicted octanol–water partition coefficient (Wildman–Crippen LogP) is 7.90. The highest BCUT2D eigenvalue weighted by Gasteiger charge is 2.67. The zero-order valence-corrected chi connectivity index (χ0v) is 21.5. The van der Waals surface area contributed by atoms with Crippen molar-refractivity contribution < 1.29 is 22.8 Å². The SMILES string of the molecule is O=C(Nc1nc(C(F)(F)F)cs1)c1cc(NC(=O)[C@@H]2[C@@H](c3cc(Cl)cc(Cl)c3)C2(Cl)Cl)ccc1Cl. The molecule has 3 aromatic rings. The van der Waals surface area contributed by atoms with Gasteiger partial charge in [-0.25, -0.2) is 4.98 Å². The molecule has 14 heteroatoms. The van der Waals surface area contributed by atoms with E-state index in [0.717, 1.165) is 5.38 Å². The topological polar surface area (TPSA) is 71.1 Å². The van der Waals surface area contributed by atoms with Gasteiger partial charge < -0.3 is 5.32 Å². The van der Waals surface area contributed by atoms with Crippen LogP contribution in [0.2, 0.25) is 15.1 Å². The number of benzene rings is 2. The number of thiazole rings is 1. The van der Waals surface area contributed by atoms with E-state index < -0.39 is 39.9 Å². The largest absolute Gasteiger partial charge is 0.434 e. The van der Waals surface area contributed by atoms with Crippen LogP contribution in [0.15, 0.2) is 41.8 Å². The summed E-state index contributed by atoms with van der Waals surface area (Å²) in [6, 6.07) is 8.82. The molecule has 0 unspecified atom stereocenters. The first kappa shape index (κ1) is 26.3. The molecule has 1 aromatic heterocycles. The Kier molecular flexibility index (Phi) is 7.23. The molecule has 1 aliphatic rings. The zero-order valence-electron chi connectivity index (χ0n) is 16.9. The van der Waals surface area contributed by atoms with Crippen LogP contribution in [0.4, 0.5) is 24.0 Å². The number of amides is 2. The fourth-order valence-electron chi connectivity index (χ4n) is 3.45. The van der Waals surface area contributed by atoms with Crippen LogP contribution >= 0.6 is 69.3 Å². The van der Waals surface area contributed by atoms with Gasteiger partial charge in [-0.2, -0.15) is 13.2 Å². The third-order valence-corrected chi connectivity index (χ3v) is 7.54. The Balaban J connectivity index is 1.49. The van der Waals surface area contributed by atoms with Crippen molar-refractivity contribution in [3.63, 3.8) is 0 Å². The Morgan fingerprint density at radius 1 is 1.00 bits per heavy atom. The van der Waals surface area contributed by atoms with E-state index >= 15 is 0 Å². The summed E-state index contributed by atoms with van der Waals surface area (Å²) in [5, 5.41) is 6.13. The van der Waals surface area contributed by atoms with Gasteiger partial charge in [-0.15, -0.1) is 34.5 Å². The maximum absolute atomic E-state index is 12.9. The van der Waals surface area contributed by atoms with Gasteiger partial charge in [0.1, 0.15) is 4.33 Å². The first-order chi connectivity index (χ1) is 16.3. The lowest BCUT2D eigenvalue weighted by atomic mass is 10.1. The van der Waals surface area contributed by atoms with Gasteiger partial charge >= 0.3 is 6.18 Å². The van der Waals surface area contributed by atoms with Crippen molar-refractivity contribution in [3.05, 3.63) is 73.7 Å². The summed E-state index contributed by atoms with van der Waals surface area (Å²) in [4.78, 5) is 28.8. The molecule has 2 amide bonds. The minimum absolute atomic E-state index is 0.00926. The summed E-state index contributed by atoms with van der Waals surface area (Å²) >= 11 is 31.5. The number of anilines is 2. The molecule has 1 heterocycles. The molecule has 1 aliphatic carbocycles. The highest BCUT2D eigenvalue weighted by Crippen LogP contribution is 2.65. The van der Waals surface area contributed by atoms with Crippen LogP contribution in [-0.2, 0) is 11.0 Å². The summed E-state index contributed by atoms with van der Waals surface area (Å²) in [6.45, 7) is 0. The first-order valence-electron chi connectivity index (χ1n) is 9.55. The first-order valence-corrected chi connectivity index (χ1v) is 12.3. The summed E-state index contributed by atoms with van der Waals surface area (Å²) in [6.07, 6.45) is -4.64. The number of nitrogens with one attached hydrogen (secondary N) is 2. The summed E-state index contributed by atoms with van der Waals surface area (Å²) in [5.41, 5.74) is -0.440. The number of hydrogen-bond donors (Lipinski definition) is 2. The third kappa shape index (κ3) is 5.65. The smallest absolute Gasteiger partial charge is 0.326 e. The van der Waals surface area contributed by atoms with Crippen LogP contribution in [0.1, 0.15) is 27.5 Å². The fourth-order valence-corrected chi connectivity index (χ4v) is 5.73. The lowest BCUT2D eigenvalue weighted by Gasteiger charge is -2.09.